The lowest BCUT2D eigenvalue weighted by molar-refractivity contribution is 0.00882. The Bertz CT molecular complexity index is 788. The Labute approximate surface area is 171 Å². The number of likely N-dealkylation sites (tertiary alicyclic amines) is 1. The van der Waals surface area contributed by atoms with E-state index in [1.807, 2.05) is 13.8 Å². The van der Waals surface area contributed by atoms with Crippen molar-refractivity contribution in [1.82, 2.24) is 9.88 Å². The summed E-state index contributed by atoms with van der Waals surface area (Å²) < 4.78 is 31.5. The molecule has 0 aromatic carbocycles. The van der Waals surface area contributed by atoms with Gasteiger partial charge in [-0.15, -0.1) is 0 Å². The van der Waals surface area contributed by atoms with E-state index in [1.54, 1.807) is 13.1 Å². The molecule has 0 radical (unpaired) electrons. The number of amidine groups is 1. The van der Waals surface area contributed by atoms with Crippen LogP contribution in [0.15, 0.2) is 27.8 Å². The van der Waals surface area contributed by atoms with Gasteiger partial charge in [-0.25, -0.2) is 19.4 Å². The Kier molecular flexibility index (Phi) is 7.33. The van der Waals surface area contributed by atoms with E-state index in [4.69, 9.17) is 14.2 Å². The molecule has 1 aromatic rings. The summed E-state index contributed by atoms with van der Waals surface area (Å²) in [6.45, 7) is 12.2. The molecule has 2 aliphatic rings. The molecule has 8 heteroatoms. The van der Waals surface area contributed by atoms with Crippen molar-refractivity contribution in [3.05, 3.63) is 29.4 Å². The summed E-state index contributed by atoms with van der Waals surface area (Å²) in [7, 11) is 0. The average Bonchev–Trinajstić information content (AvgIpc) is 2.75. The van der Waals surface area contributed by atoms with E-state index in [2.05, 4.69) is 26.6 Å². The number of halogens is 1. The molecule has 0 spiro atoms. The molecular weight excluding hydrogens is 375 g/mol. The fourth-order valence-electron chi connectivity index (χ4n) is 3.39. The van der Waals surface area contributed by atoms with Crippen LogP contribution in [0.4, 0.5) is 4.39 Å². The summed E-state index contributed by atoms with van der Waals surface area (Å²) >= 11 is 0. The van der Waals surface area contributed by atoms with Gasteiger partial charge in [0.1, 0.15) is 24.9 Å². The van der Waals surface area contributed by atoms with E-state index in [0.29, 0.717) is 43.0 Å². The highest BCUT2D eigenvalue weighted by Gasteiger charge is 2.28. The van der Waals surface area contributed by atoms with Gasteiger partial charge in [-0.1, -0.05) is 0 Å². The van der Waals surface area contributed by atoms with Crippen LogP contribution in [-0.4, -0.2) is 61.5 Å². The summed E-state index contributed by atoms with van der Waals surface area (Å²) in [6, 6.07) is 1.24. The number of ether oxygens (including phenoxy) is 3. The molecule has 0 N–H and O–H groups in total. The highest BCUT2D eigenvalue weighted by atomic mass is 19.1. The van der Waals surface area contributed by atoms with Crippen LogP contribution < -0.4 is 9.47 Å². The molecule has 29 heavy (non-hydrogen) atoms. The fraction of sp³-hybridized carbons (Fsp3) is 0.571. The first-order valence-corrected chi connectivity index (χ1v) is 9.96. The Morgan fingerprint density at radius 3 is 2.83 bits per heavy atom. The van der Waals surface area contributed by atoms with Crippen LogP contribution in [0.5, 0.6) is 11.6 Å². The Balaban J connectivity index is 1.52. The molecule has 0 unspecified atom stereocenters. The van der Waals surface area contributed by atoms with Gasteiger partial charge in [0.25, 0.3) is 5.88 Å². The highest BCUT2D eigenvalue weighted by molar-refractivity contribution is 5.84. The molecule has 1 aromatic heterocycles. The molecule has 0 saturated carbocycles. The third-order valence-electron chi connectivity index (χ3n) is 5.18. The van der Waals surface area contributed by atoms with Crippen LogP contribution in [0.3, 0.4) is 0 Å². The number of aliphatic imine (C=N–C) groups is 2. The molecule has 7 nitrogen and oxygen atoms in total. The maximum absolute atomic E-state index is 14.5. The summed E-state index contributed by atoms with van der Waals surface area (Å²) in [5.41, 5.74) is 1.43. The van der Waals surface area contributed by atoms with E-state index in [-0.39, 0.29) is 18.0 Å². The van der Waals surface area contributed by atoms with Gasteiger partial charge in [-0.2, -0.15) is 0 Å². The maximum atomic E-state index is 14.5. The Hall–Kier alpha value is -2.32. The van der Waals surface area contributed by atoms with Gasteiger partial charge in [0.2, 0.25) is 0 Å². The summed E-state index contributed by atoms with van der Waals surface area (Å²) in [4.78, 5) is 14.6. The quantitative estimate of drug-likeness (QED) is 0.536. The van der Waals surface area contributed by atoms with E-state index < -0.39 is 0 Å². The summed E-state index contributed by atoms with van der Waals surface area (Å²) in [5, 5.41) is 0. The molecule has 1 fully saturated rings. The number of fused-ring (bicyclic) bond motifs is 1. The van der Waals surface area contributed by atoms with Crippen LogP contribution in [-0.2, 0) is 4.74 Å². The van der Waals surface area contributed by atoms with E-state index >= 15 is 0 Å². The number of aromatic nitrogens is 1. The zero-order valence-electron chi connectivity index (χ0n) is 17.4. The maximum Gasteiger partial charge on any atom is 0.257 e. The van der Waals surface area contributed by atoms with Gasteiger partial charge in [0, 0.05) is 25.4 Å². The number of rotatable bonds is 6. The van der Waals surface area contributed by atoms with Crippen LogP contribution in [0.1, 0.15) is 45.3 Å². The minimum Gasteiger partial charge on any atom is -0.484 e. The fourth-order valence-corrected chi connectivity index (χ4v) is 3.39. The lowest BCUT2D eigenvalue weighted by Gasteiger charge is -2.36. The van der Waals surface area contributed by atoms with Gasteiger partial charge in [0.05, 0.1) is 24.4 Å². The molecule has 0 bridgehead atoms. The van der Waals surface area contributed by atoms with Crippen LogP contribution in [0, 0.1) is 5.82 Å². The number of hydrogen-bond donors (Lipinski definition) is 0. The Morgan fingerprint density at radius 1 is 1.38 bits per heavy atom. The van der Waals surface area contributed by atoms with Crippen LogP contribution in [0.25, 0.3) is 0 Å². The number of piperidine rings is 1. The largest absolute Gasteiger partial charge is 0.484 e. The molecule has 2 aliphatic heterocycles. The first kappa shape index (κ1) is 21.4. The second-order valence-electron chi connectivity index (χ2n) is 7.39. The topological polar surface area (TPSA) is 68.5 Å². The van der Waals surface area contributed by atoms with Gasteiger partial charge in [0.15, 0.2) is 5.75 Å². The zero-order chi connectivity index (χ0) is 20.8. The SMILES string of the molecule is C=N/C(C)=N\C=C(/C)COC1CCN([C@H](C)c2nc3c(cc2F)OCCO3)CC1. The highest BCUT2D eigenvalue weighted by Crippen LogP contribution is 2.33. The molecule has 0 amide bonds. The summed E-state index contributed by atoms with van der Waals surface area (Å²) in [5.74, 6) is 1.03. The number of pyridine rings is 1. The standard InChI is InChI=1S/C21H29FN4O3/c1-14(12-24-16(3)23-4)13-29-17-5-7-26(8-6-17)15(2)20-18(22)11-19-21(25-20)28-10-9-27-19/h11-12,15,17H,4-10,13H2,1-3H3/b14-12+,24-16-/t15-/m1/s1. The first-order chi connectivity index (χ1) is 14.0. The second-order valence-corrected chi connectivity index (χ2v) is 7.39. The smallest absolute Gasteiger partial charge is 0.257 e. The van der Waals surface area contributed by atoms with Gasteiger partial charge < -0.3 is 14.2 Å². The van der Waals surface area contributed by atoms with Gasteiger partial charge >= 0.3 is 0 Å². The predicted octanol–water partition coefficient (Wildman–Crippen LogP) is 3.56. The normalized spacial score (nSPS) is 19.9. The molecular formula is C21H29FN4O3. The van der Waals surface area contributed by atoms with Crippen molar-refractivity contribution in [2.75, 3.05) is 32.9 Å². The second kappa shape index (κ2) is 9.93. The van der Waals surface area contributed by atoms with Crippen molar-refractivity contribution < 1.29 is 18.6 Å². The van der Waals surface area contributed by atoms with Gasteiger partial charge in [-0.05, 0) is 45.9 Å². The van der Waals surface area contributed by atoms with Crippen molar-refractivity contribution in [1.29, 1.82) is 0 Å². The predicted molar refractivity (Wildman–Crippen MR) is 111 cm³/mol. The van der Waals surface area contributed by atoms with Crippen LogP contribution >= 0.6 is 0 Å². The average molecular weight is 404 g/mol. The first-order valence-electron chi connectivity index (χ1n) is 9.96. The molecule has 1 saturated heterocycles. The molecule has 0 aliphatic carbocycles. The van der Waals surface area contributed by atoms with E-state index in [0.717, 1.165) is 31.5 Å². The molecule has 1 atom stereocenters. The van der Waals surface area contributed by atoms with Crippen molar-refractivity contribution >= 4 is 12.6 Å². The number of hydrogen-bond acceptors (Lipinski definition) is 6. The van der Waals surface area contributed by atoms with Crippen LogP contribution in [0.2, 0.25) is 0 Å². The van der Waals surface area contributed by atoms with E-state index in [1.165, 1.54) is 6.07 Å². The van der Waals surface area contributed by atoms with Gasteiger partial charge in [-0.3, -0.25) is 4.90 Å². The van der Waals surface area contributed by atoms with Crippen molar-refractivity contribution in [2.24, 2.45) is 9.98 Å². The summed E-state index contributed by atoms with van der Waals surface area (Å²) in [6.07, 6.45) is 3.72. The Morgan fingerprint density at radius 2 is 2.10 bits per heavy atom. The van der Waals surface area contributed by atoms with Crippen molar-refractivity contribution in [2.45, 2.75) is 45.8 Å². The minimum absolute atomic E-state index is 0.142. The third-order valence-corrected chi connectivity index (χ3v) is 5.18. The molecule has 3 heterocycles. The zero-order valence-corrected chi connectivity index (χ0v) is 17.4. The minimum atomic E-state index is -0.356. The lowest BCUT2D eigenvalue weighted by Crippen LogP contribution is -2.39. The number of nitrogens with zero attached hydrogens (tertiary/aromatic N) is 4. The van der Waals surface area contributed by atoms with Crippen molar-refractivity contribution in [3.63, 3.8) is 0 Å². The third kappa shape index (κ3) is 5.61. The lowest BCUT2D eigenvalue weighted by atomic mass is 10.0. The monoisotopic (exact) mass is 404 g/mol. The van der Waals surface area contributed by atoms with Crippen molar-refractivity contribution in [3.8, 4) is 11.6 Å². The van der Waals surface area contributed by atoms with E-state index in [9.17, 15) is 4.39 Å². The molecule has 158 valence electrons. The molecule has 3 rings (SSSR count).